The van der Waals surface area contributed by atoms with Gasteiger partial charge >= 0.3 is 12.0 Å². The molecule has 0 aliphatic rings. The number of terminal acetylenes is 1. The average molecular weight is 294 g/mol. The molecule has 1 heterocycles. The van der Waals surface area contributed by atoms with Gasteiger partial charge in [0.15, 0.2) is 0 Å². The zero-order valence-electron chi connectivity index (χ0n) is 11.3. The average Bonchev–Trinajstić information content (AvgIpc) is 2.91. The van der Waals surface area contributed by atoms with E-state index in [4.69, 9.17) is 11.5 Å². The molecule has 0 spiro atoms. The van der Waals surface area contributed by atoms with Crippen molar-refractivity contribution in [2.45, 2.75) is 25.8 Å². The Kier molecular flexibility index (Phi) is 6.60. The highest BCUT2D eigenvalue weighted by Crippen LogP contribution is 2.23. The molecule has 1 rings (SSSR count). The minimum atomic E-state index is -1.08. The van der Waals surface area contributed by atoms with E-state index in [0.717, 1.165) is 22.6 Å². The van der Waals surface area contributed by atoms with Gasteiger partial charge in [-0.05, 0) is 17.9 Å². The second-order valence-corrected chi connectivity index (χ2v) is 5.24. The highest BCUT2D eigenvalue weighted by Gasteiger charge is 2.20. The standard InChI is InChI=1S/C14H18N2O3S/c1-3-6-11(12-7-5-9-20-12)15-14(19)16(8-4-2)10-13(17)18/h2,5,7,9,11H,3,6,8,10H2,1H3,(H,15,19)(H,17,18). The van der Waals surface area contributed by atoms with Crippen LogP contribution in [0.3, 0.4) is 0 Å². The van der Waals surface area contributed by atoms with Crippen molar-refractivity contribution in [3.8, 4) is 12.3 Å². The molecule has 1 aromatic rings. The van der Waals surface area contributed by atoms with Gasteiger partial charge in [0.2, 0.25) is 0 Å². The predicted octanol–water partition coefficient (Wildman–Crippen LogP) is 2.32. The lowest BCUT2D eigenvalue weighted by molar-refractivity contribution is -0.137. The smallest absolute Gasteiger partial charge is 0.323 e. The summed E-state index contributed by atoms with van der Waals surface area (Å²) in [5, 5.41) is 13.6. The number of carboxylic acid groups (broad SMARTS) is 1. The summed E-state index contributed by atoms with van der Waals surface area (Å²) in [6, 6.07) is 3.32. The van der Waals surface area contributed by atoms with Crippen molar-refractivity contribution in [3.05, 3.63) is 22.4 Å². The molecule has 20 heavy (non-hydrogen) atoms. The molecule has 108 valence electrons. The van der Waals surface area contributed by atoms with Crippen molar-refractivity contribution < 1.29 is 14.7 Å². The molecule has 1 unspecified atom stereocenters. The zero-order valence-corrected chi connectivity index (χ0v) is 12.2. The maximum Gasteiger partial charge on any atom is 0.323 e. The summed E-state index contributed by atoms with van der Waals surface area (Å²) < 4.78 is 0. The second-order valence-electron chi connectivity index (χ2n) is 4.26. The Morgan fingerprint density at radius 3 is 2.85 bits per heavy atom. The molecular weight excluding hydrogens is 276 g/mol. The van der Waals surface area contributed by atoms with Gasteiger partial charge in [-0.3, -0.25) is 4.79 Å². The summed E-state index contributed by atoms with van der Waals surface area (Å²) in [6.45, 7) is 1.60. The van der Waals surface area contributed by atoms with Gasteiger partial charge < -0.3 is 15.3 Å². The molecule has 1 atom stereocenters. The molecule has 6 heteroatoms. The first-order valence-corrected chi connectivity index (χ1v) is 7.20. The monoisotopic (exact) mass is 294 g/mol. The third-order valence-electron chi connectivity index (χ3n) is 2.66. The third kappa shape index (κ3) is 4.94. The van der Waals surface area contributed by atoms with Crippen molar-refractivity contribution in [1.29, 1.82) is 0 Å². The van der Waals surface area contributed by atoms with Crippen LogP contribution in [0.5, 0.6) is 0 Å². The fourth-order valence-corrected chi connectivity index (χ4v) is 2.59. The Bertz CT molecular complexity index is 479. The van der Waals surface area contributed by atoms with Crippen molar-refractivity contribution >= 4 is 23.3 Å². The number of urea groups is 1. The molecule has 0 aliphatic carbocycles. The van der Waals surface area contributed by atoms with Gasteiger partial charge in [0.05, 0.1) is 12.6 Å². The third-order valence-corrected chi connectivity index (χ3v) is 3.64. The van der Waals surface area contributed by atoms with Crippen molar-refractivity contribution in [2.24, 2.45) is 0 Å². The maximum atomic E-state index is 12.1. The lowest BCUT2D eigenvalue weighted by Gasteiger charge is -2.23. The highest BCUT2D eigenvalue weighted by molar-refractivity contribution is 7.10. The molecule has 0 aliphatic heterocycles. The molecule has 0 fully saturated rings. The topological polar surface area (TPSA) is 69.6 Å². The quantitative estimate of drug-likeness (QED) is 0.758. The number of hydrogen-bond donors (Lipinski definition) is 2. The van der Waals surface area contributed by atoms with Gasteiger partial charge in [-0.2, -0.15) is 0 Å². The van der Waals surface area contributed by atoms with Crippen LogP contribution in [-0.2, 0) is 4.79 Å². The number of carbonyl (C=O) groups excluding carboxylic acids is 1. The first-order valence-electron chi connectivity index (χ1n) is 6.32. The van der Waals surface area contributed by atoms with E-state index in [9.17, 15) is 9.59 Å². The van der Waals surface area contributed by atoms with E-state index in [-0.39, 0.29) is 12.6 Å². The minimum absolute atomic E-state index is 0.0264. The minimum Gasteiger partial charge on any atom is -0.480 e. The van der Waals surface area contributed by atoms with Gasteiger partial charge in [0.1, 0.15) is 6.54 Å². The predicted molar refractivity (Wildman–Crippen MR) is 78.5 cm³/mol. The van der Waals surface area contributed by atoms with E-state index in [1.165, 1.54) is 0 Å². The van der Waals surface area contributed by atoms with Crippen molar-refractivity contribution in [3.63, 3.8) is 0 Å². The number of aliphatic carboxylic acids is 1. The number of rotatable bonds is 7. The fourth-order valence-electron chi connectivity index (χ4n) is 1.78. The summed E-state index contributed by atoms with van der Waals surface area (Å²) in [7, 11) is 0. The van der Waals surface area contributed by atoms with Crippen LogP contribution in [0.4, 0.5) is 4.79 Å². The number of amides is 2. The van der Waals surface area contributed by atoms with Gasteiger partial charge in [-0.1, -0.05) is 25.3 Å². The molecule has 0 aromatic carbocycles. The molecule has 2 amide bonds. The maximum absolute atomic E-state index is 12.1. The van der Waals surface area contributed by atoms with Crippen LogP contribution in [0.15, 0.2) is 17.5 Å². The van der Waals surface area contributed by atoms with E-state index >= 15 is 0 Å². The Labute approximate surface area is 122 Å². The SMILES string of the molecule is C#CCN(CC(=O)O)C(=O)NC(CCC)c1cccs1. The number of nitrogens with zero attached hydrogens (tertiary/aromatic N) is 1. The van der Waals surface area contributed by atoms with Crippen LogP contribution < -0.4 is 5.32 Å². The van der Waals surface area contributed by atoms with E-state index in [0.29, 0.717) is 0 Å². The second kappa shape index (κ2) is 8.23. The Morgan fingerprint density at radius 2 is 2.35 bits per heavy atom. The number of hydrogen-bond acceptors (Lipinski definition) is 3. The van der Waals surface area contributed by atoms with Crippen LogP contribution in [-0.4, -0.2) is 35.1 Å². The van der Waals surface area contributed by atoms with Gasteiger partial charge in [-0.25, -0.2) is 4.79 Å². The zero-order chi connectivity index (χ0) is 15.0. The molecule has 0 radical (unpaired) electrons. The summed E-state index contributed by atoms with van der Waals surface area (Å²) in [5.74, 6) is 1.21. The largest absolute Gasteiger partial charge is 0.480 e. The molecule has 1 aromatic heterocycles. The first-order chi connectivity index (χ1) is 9.58. The van der Waals surface area contributed by atoms with Crippen LogP contribution in [0, 0.1) is 12.3 Å². The molecule has 5 nitrogen and oxygen atoms in total. The van der Waals surface area contributed by atoms with Gasteiger partial charge in [0, 0.05) is 4.88 Å². The summed E-state index contributed by atoms with van der Waals surface area (Å²) in [6.07, 6.45) is 6.87. The number of carbonyl (C=O) groups is 2. The van der Waals surface area contributed by atoms with Gasteiger partial charge in [0.25, 0.3) is 0 Å². The van der Waals surface area contributed by atoms with E-state index in [1.54, 1.807) is 11.3 Å². The normalized spacial score (nSPS) is 11.4. The fraction of sp³-hybridized carbons (Fsp3) is 0.429. The van der Waals surface area contributed by atoms with Crippen LogP contribution in [0.2, 0.25) is 0 Å². The van der Waals surface area contributed by atoms with E-state index in [2.05, 4.69) is 11.2 Å². The number of thiophene rings is 1. The number of nitrogens with one attached hydrogen (secondary N) is 1. The van der Waals surface area contributed by atoms with E-state index in [1.807, 2.05) is 24.4 Å². The van der Waals surface area contributed by atoms with E-state index < -0.39 is 18.5 Å². The van der Waals surface area contributed by atoms with Gasteiger partial charge in [-0.15, -0.1) is 17.8 Å². The highest BCUT2D eigenvalue weighted by atomic mass is 32.1. The van der Waals surface area contributed by atoms with Crippen molar-refractivity contribution in [1.82, 2.24) is 10.2 Å². The first kappa shape index (κ1) is 16.1. The molecule has 0 saturated carbocycles. The van der Waals surface area contributed by atoms with Crippen LogP contribution in [0.25, 0.3) is 0 Å². The Morgan fingerprint density at radius 1 is 1.60 bits per heavy atom. The lowest BCUT2D eigenvalue weighted by atomic mass is 10.1. The Hall–Kier alpha value is -2.00. The summed E-state index contributed by atoms with van der Waals surface area (Å²) in [4.78, 5) is 25.0. The molecule has 0 bridgehead atoms. The van der Waals surface area contributed by atoms with Crippen molar-refractivity contribution in [2.75, 3.05) is 13.1 Å². The summed E-state index contributed by atoms with van der Waals surface area (Å²) in [5.41, 5.74) is 0. The van der Waals surface area contributed by atoms with Crippen LogP contribution in [0.1, 0.15) is 30.7 Å². The Balaban J connectivity index is 2.73. The van der Waals surface area contributed by atoms with Crippen LogP contribution >= 0.6 is 11.3 Å². The molecule has 2 N–H and O–H groups in total. The number of carboxylic acids is 1. The molecular formula is C14H18N2O3S. The lowest BCUT2D eigenvalue weighted by Crippen LogP contribution is -2.44. The summed E-state index contributed by atoms with van der Waals surface area (Å²) >= 11 is 1.56. The molecule has 0 saturated heterocycles.